The van der Waals surface area contributed by atoms with Gasteiger partial charge in [-0.2, -0.15) is 0 Å². The van der Waals surface area contributed by atoms with Crippen molar-refractivity contribution in [3.8, 4) is 5.75 Å². The molecule has 0 spiro atoms. The molecule has 1 N–H and O–H groups in total. The van der Waals surface area contributed by atoms with Crippen molar-refractivity contribution in [1.29, 1.82) is 0 Å². The Balaban J connectivity index is 0.735. The smallest absolute Gasteiger partial charge is 0.262 e. The highest BCUT2D eigenvalue weighted by Gasteiger charge is 2.64. The minimum atomic E-state index is -0.878. The number of amides is 3. The highest BCUT2D eigenvalue weighted by molar-refractivity contribution is 6.24. The fraction of sp³-hybridized carbons (Fsp3) is 0.460. The van der Waals surface area contributed by atoms with E-state index in [1.54, 1.807) is 36.5 Å². The first-order valence-electron chi connectivity index (χ1n) is 22.5. The summed E-state index contributed by atoms with van der Waals surface area (Å²) in [4.78, 5) is 80.3. The number of fused-ring (bicyclic) bond motifs is 2. The van der Waals surface area contributed by atoms with E-state index >= 15 is 4.39 Å². The molecule has 0 bridgehead atoms. The van der Waals surface area contributed by atoms with Gasteiger partial charge in [-0.3, -0.25) is 38.8 Å². The van der Waals surface area contributed by atoms with E-state index in [0.717, 1.165) is 81.0 Å². The number of imide groups is 1. The van der Waals surface area contributed by atoms with Crippen molar-refractivity contribution in [2.24, 2.45) is 16.7 Å². The molecule has 1 aromatic heterocycles. The lowest BCUT2D eigenvalue weighted by Crippen LogP contribution is -2.74. The van der Waals surface area contributed by atoms with Crippen molar-refractivity contribution in [2.75, 3.05) is 55.6 Å². The third-order valence-electron chi connectivity index (χ3n) is 14.6. The molecule has 4 aromatic rings. The Kier molecular flexibility index (Phi) is 11.3. The van der Waals surface area contributed by atoms with Crippen LogP contribution in [0.2, 0.25) is 0 Å². The van der Waals surface area contributed by atoms with E-state index in [4.69, 9.17) is 11.3 Å². The van der Waals surface area contributed by atoms with Gasteiger partial charge in [0.1, 0.15) is 23.5 Å². The average Bonchev–Trinajstić information content (AvgIpc) is 3.54. The van der Waals surface area contributed by atoms with Crippen molar-refractivity contribution in [3.05, 3.63) is 101 Å². The minimum Gasteiger partial charge on any atom is -0.489 e. The number of piperazine rings is 1. The predicted molar refractivity (Wildman–Crippen MR) is 240 cm³/mol. The molecule has 14 heteroatoms. The molecule has 13 nitrogen and oxygen atoms in total. The summed E-state index contributed by atoms with van der Waals surface area (Å²) in [6, 6.07) is 16.2. The molecule has 1 unspecified atom stereocenters. The average molecular weight is 868 g/mol. The zero-order valence-corrected chi connectivity index (χ0v) is 36.9. The van der Waals surface area contributed by atoms with Gasteiger partial charge in [-0.1, -0.05) is 33.8 Å². The number of aromatic nitrogens is 1. The molecular formula is C50H54FN7O6. The van der Waals surface area contributed by atoms with E-state index in [1.165, 1.54) is 6.07 Å². The molecule has 4 fully saturated rings. The van der Waals surface area contributed by atoms with E-state index in [2.05, 4.69) is 57.5 Å². The van der Waals surface area contributed by atoms with Crippen LogP contribution in [0.4, 0.5) is 21.5 Å². The third kappa shape index (κ3) is 7.67. The van der Waals surface area contributed by atoms with Crippen molar-refractivity contribution < 1.29 is 33.1 Å². The van der Waals surface area contributed by atoms with Gasteiger partial charge in [0, 0.05) is 85.4 Å². The minimum absolute atomic E-state index is 0.153. The molecule has 3 aromatic carbocycles. The fourth-order valence-electron chi connectivity index (χ4n) is 11.3. The lowest BCUT2D eigenvalue weighted by Gasteiger charge is -2.63. The molecule has 332 valence electrons. The molecule has 9 rings (SSSR count). The zero-order chi connectivity index (χ0) is 45.1. The summed E-state index contributed by atoms with van der Waals surface area (Å²) in [7, 11) is 0. The third-order valence-corrected chi connectivity index (χ3v) is 14.6. The summed E-state index contributed by atoms with van der Waals surface area (Å²) >= 11 is 0. The van der Waals surface area contributed by atoms with Crippen LogP contribution >= 0.6 is 0 Å². The number of Topliss-reactive ketones (excluding diaryl/α,β-unsaturated/α-hetero) is 2. The Morgan fingerprint density at radius 1 is 0.875 bits per heavy atom. The quantitative estimate of drug-likeness (QED) is 0.0987. The van der Waals surface area contributed by atoms with E-state index in [0.29, 0.717) is 39.7 Å². The molecule has 3 aliphatic heterocycles. The molecular weight excluding hydrogens is 814 g/mol. The van der Waals surface area contributed by atoms with Gasteiger partial charge in [0.2, 0.25) is 5.69 Å². The molecule has 2 saturated heterocycles. The molecule has 3 amide bonds. The molecule has 5 aliphatic rings. The maximum Gasteiger partial charge on any atom is 0.262 e. The van der Waals surface area contributed by atoms with Crippen molar-refractivity contribution >= 4 is 57.3 Å². The second-order valence-electron chi connectivity index (χ2n) is 19.3. The number of nitrogens with one attached hydrogen (secondary N) is 1. The number of benzene rings is 3. The Bertz CT molecular complexity index is 2590. The zero-order valence-electron chi connectivity index (χ0n) is 36.9. The van der Waals surface area contributed by atoms with Gasteiger partial charge in [0.15, 0.2) is 5.78 Å². The number of halogens is 1. The highest BCUT2D eigenvalue weighted by Crippen LogP contribution is 2.56. The van der Waals surface area contributed by atoms with Gasteiger partial charge in [-0.15, -0.1) is 0 Å². The Morgan fingerprint density at radius 2 is 1.61 bits per heavy atom. The van der Waals surface area contributed by atoms with Crippen LogP contribution in [-0.2, 0) is 9.59 Å². The van der Waals surface area contributed by atoms with Crippen molar-refractivity contribution in [3.63, 3.8) is 0 Å². The van der Waals surface area contributed by atoms with Gasteiger partial charge >= 0.3 is 0 Å². The van der Waals surface area contributed by atoms with E-state index in [1.807, 2.05) is 24.3 Å². The fourth-order valence-corrected chi connectivity index (χ4v) is 11.3. The largest absolute Gasteiger partial charge is 0.489 e. The number of nitrogens with zero attached hydrogens (tertiary/aromatic N) is 6. The van der Waals surface area contributed by atoms with Crippen molar-refractivity contribution in [1.82, 2.24) is 20.1 Å². The summed E-state index contributed by atoms with van der Waals surface area (Å²) in [6.45, 7) is 21.5. The number of rotatable bonds is 10. The second kappa shape index (κ2) is 16.7. The maximum atomic E-state index is 15.8. The second-order valence-corrected chi connectivity index (χ2v) is 19.3. The van der Waals surface area contributed by atoms with Crippen LogP contribution in [-0.4, -0.2) is 108 Å². The summed E-state index contributed by atoms with van der Waals surface area (Å²) in [5.41, 5.74) is 2.44. The van der Waals surface area contributed by atoms with Gasteiger partial charge in [-0.25, -0.2) is 9.24 Å². The summed E-state index contributed by atoms with van der Waals surface area (Å²) in [6.07, 6.45) is 4.51. The molecule has 64 heavy (non-hydrogen) atoms. The van der Waals surface area contributed by atoms with Crippen LogP contribution < -0.4 is 19.9 Å². The monoisotopic (exact) mass is 867 g/mol. The van der Waals surface area contributed by atoms with Crippen LogP contribution in [0.15, 0.2) is 66.9 Å². The van der Waals surface area contributed by atoms with Crippen molar-refractivity contribution in [2.45, 2.75) is 84.4 Å². The first-order chi connectivity index (χ1) is 30.6. The van der Waals surface area contributed by atoms with Crippen LogP contribution in [0.3, 0.4) is 0 Å². The predicted octanol–water partition coefficient (Wildman–Crippen LogP) is 7.25. The first kappa shape index (κ1) is 43.1. The van der Waals surface area contributed by atoms with Crippen LogP contribution in [0.5, 0.6) is 5.75 Å². The summed E-state index contributed by atoms with van der Waals surface area (Å²) < 4.78 is 22.4. The Labute approximate surface area is 372 Å². The number of anilines is 2. The number of carbonyl (C=O) groups excluding carboxylic acids is 5. The topological polar surface area (TPSA) is 137 Å². The SMILES string of the molecule is [C-]#[N+]c1ccc(OC2C(C)(C)C(NC(=O)c3ccc(N4CCC(CCN5CCN(c6ccc7c(c6)C(=O)N(C6CCC(=O)CC6=O)C7=O)CC5)CC4)c(F)c3)C2(C)C)c2cccnc12. The first-order valence-corrected chi connectivity index (χ1v) is 22.5. The van der Waals surface area contributed by atoms with Crippen LogP contribution in [0, 0.1) is 29.1 Å². The number of hydrogen-bond acceptors (Lipinski definition) is 10. The van der Waals surface area contributed by atoms with Gasteiger partial charge in [-0.05, 0) is 92.7 Å². The Hall–Kier alpha value is -6.20. The van der Waals surface area contributed by atoms with Crippen LogP contribution in [0.25, 0.3) is 15.7 Å². The van der Waals surface area contributed by atoms with Crippen LogP contribution in [0.1, 0.15) is 97.3 Å². The summed E-state index contributed by atoms with van der Waals surface area (Å²) in [5.74, 6) is -1.02. The molecule has 2 aliphatic carbocycles. The molecule has 4 heterocycles. The Morgan fingerprint density at radius 3 is 2.31 bits per heavy atom. The van der Waals surface area contributed by atoms with E-state index in [-0.39, 0.29) is 54.4 Å². The lowest BCUT2D eigenvalue weighted by molar-refractivity contribution is -0.163. The van der Waals surface area contributed by atoms with E-state index < -0.39 is 34.5 Å². The van der Waals surface area contributed by atoms with Gasteiger partial charge in [0.25, 0.3) is 17.7 Å². The lowest BCUT2D eigenvalue weighted by atomic mass is 9.49. The van der Waals surface area contributed by atoms with Gasteiger partial charge < -0.3 is 19.9 Å². The normalized spacial score (nSPS) is 23.5. The standard InChI is InChI=1S/C50H54FN7O6/c1-49(2)47(50(3,4)48(49)64-42-15-12-38(52-5)43-35(42)7-6-19-53-43)54-44(61)31-8-13-39(37(51)27-31)57-21-17-30(18-22-57)16-20-55-23-25-56(26-24-55)32-9-11-34-36(28-32)46(63)58(45(34)62)40-14-10-33(59)29-41(40)60/h6-9,11-13,15,19,27-28,30,40,47-48H,10,14,16-18,20-26,29H2,1-4H3,(H,54,61). The molecule has 0 radical (unpaired) electrons. The molecule has 1 atom stereocenters. The molecule has 2 saturated carbocycles. The number of ether oxygens (including phenoxy) is 1. The van der Waals surface area contributed by atoms with E-state index in [9.17, 15) is 24.0 Å². The number of ketones is 2. The maximum absolute atomic E-state index is 15.8. The number of carbonyl (C=O) groups is 5. The highest BCUT2D eigenvalue weighted by atomic mass is 19.1. The summed E-state index contributed by atoms with van der Waals surface area (Å²) in [5, 5.41) is 3.96. The van der Waals surface area contributed by atoms with Gasteiger partial charge in [0.05, 0.1) is 41.4 Å². The number of pyridine rings is 1. The number of hydrogen-bond donors (Lipinski definition) is 1. The number of piperidine rings is 1.